The Labute approximate surface area is 107 Å². The fourth-order valence-electron chi connectivity index (χ4n) is 1.54. The number of hydrogen-bond acceptors (Lipinski definition) is 5. The fraction of sp³-hybridized carbons (Fsp3) is 0.154. The Balaban J connectivity index is 2.18. The molecule has 2 aromatic rings. The zero-order valence-electron chi connectivity index (χ0n) is 9.64. The van der Waals surface area contributed by atoms with E-state index in [9.17, 15) is 14.4 Å². The number of thiophene rings is 1. The van der Waals surface area contributed by atoms with E-state index in [1.807, 2.05) is 24.3 Å². The molecule has 5 heteroatoms. The molecule has 1 aromatic heterocycles. The molecule has 0 bridgehead atoms. The summed E-state index contributed by atoms with van der Waals surface area (Å²) in [6, 6.07) is 9.28. The number of carbonyl (C=O) groups is 3. The van der Waals surface area contributed by atoms with Crippen molar-refractivity contribution in [1.29, 1.82) is 0 Å². The molecule has 0 fully saturated rings. The van der Waals surface area contributed by atoms with Gasteiger partial charge in [-0.2, -0.15) is 0 Å². The van der Waals surface area contributed by atoms with Gasteiger partial charge in [0.1, 0.15) is 0 Å². The van der Waals surface area contributed by atoms with Crippen LogP contribution in [0.15, 0.2) is 30.3 Å². The molecule has 0 saturated carbocycles. The molecule has 0 aliphatic rings. The summed E-state index contributed by atoms with van der Waals surface area (Å²) in [5, 5.41) is 0.955. The summed E-state index contributed by atoms with van der Waals surface area (Å²) < 4.78 is 5.25. The molecule has 0 saturated heterocycles. The van der Waals surface area contributed by atoms with Crippen LogP contribution in [0.5, 0.6) is 0 Å². The zero-order chi connectivity index (χ0) is 13.1. The third-order valence-electron chi connectivity index (χ3n) is 2.43. The number of methoxy groups -OCH3 is 1. The minimum Gasteiger partial charge on any atom is -0.463 e. The lowest BCUT2D eigenvalue weighted by Crippen LogP contribution is -2.18. The Morgan fingerprint density at radius 1 is 1.22 bits per heavy atom. The van der Waals surface area contributed by atoms with Gasteiger partial charge >= 0.3 is 5.97 Å². The van der Waals surface area contributed by atoms with Gasteiger partial charge in [-0.3, -0.25) is 9.59 Å². The number of rotatable bonds is 4. The molecule has 18 heavy (non-hydrogen) atoms. The maximum atomic E-state index is 11.8. The van der Waals surface area contributed by atoms with Crippen LogP contribution in [0.1, 0.15) is 16.1 Å². The van der Waals surface area contributed by atoms with E-state index in [-0.39, 0.29) is 5.78 Å². The van der Waals surface area contributed by atoms with E-state index in [4.69, 9.17) is 0 Å². The van der Waals surface area contributed by atoms with Gasteiger partial charge in [0.05, 0.1) is 18.4 Å². The van der Waals surface area contributed by atoms with Crippen LogP contribution in [-0.4, -0.2) is 24.6 Å². The first-order valence-electron chi connectivity index (χ1n) is 5.24. The van der Waals surface area contributed by atoms with Crippen LogP contribution in [-0.2, 0) is 14.3 Å². The van der Waals surface area contributed by atoms with Crippen LogP contribution in [0.25, 0.3) is 10.1 Å². The molecule has 0 N–H and O–H groups in total. The molecule has 1 heterocycles. The van der Waals surface area contributed by atoms with E-state index >= 15 is 0 Å². The molecular formula is C13H10O4S. The minimum atomic E-state index is -0.982. The zero-order valence-corrected chi connectivity index (χ0v) is 10.5. The highest BCUT2D eigenvalue weighted by molar-refractivity contribution is 7.20. The first-order chi connectivity index (χ1) is 8.61. The van der Waals surface area contributed by atoms with Gasteiger partial charge in [0.15, 0.2) is 5.78 Å². The number of hydrogen-bond donors (Lipinski definition) is 0. The molecule has 4 nitrogen and oxygen atoms in total. The first-order valence-corrected chi connectivity index (χ1v) is 6.06. The van der Waals surface area contributed by atoms with Gasteiger partial charge < -0.3 is 4.74 Å². The van der Waals surface area contributed by atoms with E-state index < -0.39 is 18.2 Å². The molecule has 0 aliphatic carbocycles. The topological polar surface area (TPSA) is 60.4 Å². The summed E-state index contributed by atoms with van der Waals surface area (Å²) >= 11 is 1.31. The predicted molar refractivity (Wildman–Crippen MR) is 67.8 cm³/mol. The quantitative estimate of drug-likeness (QED) is 0.367. The number of ether oxygens (including phenoxy) is 1. The summed E-state index contributed by atoms with van der Waals surface area (Å²) in [6.45, 7) is 0. The van der Waals surface area contributed by atoms with Crippen molar-refractivity contribution in [3.63, 3.8) is 0 Å². The number of ketones is 2. The largest absolute Gasteiger partial charge is 0.463 e. The SMILES string of the molecule is COC(=O)C(=O)CC(=O)c1cc2ccccc2s1. The second-order valence-corrected chi connectivity index (χ2v) is 4.75. The number of benzene rings is 1. The molecule has 0 unspecified atom stereocenters. The van der Waals surface area contributed by atoms with Crippen molar-refractivity contribution in [2.45, 2.75) is 6.42 Å². The maximum absolute atomic E-state index is 11.8. The van der Waals surface area contributed by atoms with Gasteiger partial charge in [0, 0.05) is 4.70 Å². The van der Waals surface area contributed by atoms with Crippen LogP contribution in [0.3, 0.4) is 0 Å². The van der Waals surface area contributed by atoms with Crippen molar-refractivity contribution in [3.05, 3.63) is 35.2 Å². The minimum absolute atomic E-state index is 0.355. The van der Waals surface area contributed by atoms with Crippen molar-refractivity contribution >= 4 is 39.0 Å². The van der Waals surface area contributed by atoms with Gasteiger partial charge in [-0.15, -0.1) is 11.3 Å². The van der Waals surface area contributed by atoms with Gasteiger partial charge in [-0.1, -0.05) is 18.2 Å². The highest BCUT2D eigenvalue weighted by Crippen LogP contribution is 2.26. The van der Waals surface area contributed by atoms with Crippen molar-refractivity contribution in [2.75, 3.05) is 7.11 Å². The van der Waals surface area contributed by atoms with E-state index in [1.165, 1.54) is 11.3 Å². The Hall–Kier alpha value is -2.01. The molecule has 1 aromatic carbocycles. The Kier molecular flexibility index (Phi) is 3.53. The molecular weight excluding hydrogens is 252 g/mol. The number of fused-ring (bicyclic) bond motifs is 1. The number of carbonyl (C=O) groups excluding carboxylic acids is 3. The fourth-order valence-corrected chi connectivity index (χ4v) is 2.54. The van der Waals surface area contributed by atoms with Gasteiger partial charge in [0.25, 0.3) is 0 Å². The van der Waals surface area contributed by atoms with Crippen LogP contribution >= 0.6 is 11.3 Å². The molecule has 0 atom stereocenters. The third-order valence-corrected chi connectivity index (χ3v) is 3.59. The van der Waals surface area contributed by atoms with Crippen LogP contribution in [0, 0.1) is 0 Å². The normalized spacial score (nSPS) is 10.3. The van der Waals surface area contributed by atoms with E-state index in [2.05, 4.69) is 4.74 Å². The standard InChI is InChI=1S/C13H10O4S/c1-17-13(16)10(15)7-9(14)12-6-8-4-2-3-5-11(8)18-12/h2-6H,7H2,1H3. The Morgan fingerprint density at radius 3 is 2.61 bits per heavy atom. The summed E-state index contributed by atoms with van der Waals surface area (Å²) in [4.78, 5) is 34.5. The highest BCUT2D eigenvalue weighted by atomic mass is 32.1. The predicted octanol–water partition coefficient (Wildman–Crippen LogP) is 2.22. The second kappa shape index (κ2) is 5.10. The summed E-state index contributed by atoms with van der Waals surface area (Å²) in [7, 11) is 1.12. The lowest BCUT2D eigenvalue weighted by molar-refractivity contribution is -0.151. The first kappa shape index (κ1) is 12.4. The third kappa shape index (κ3) is 2.46. The van der Waals surface area contributed by atoms with Crippen molar-refractivity contribution in [2.24, 2.45) is 0 Å². The monoisotopic (exact) mass is 262 g/mol. The smallest absolute Gasteiger partial charge is 0.374 e. The van der Waals surface area contributed by atoms with Crippen LogP contribution < -0.4 is 0 Å². The number of esters is 1. The van der Waals surface area contributed by atoms with E-state index in [0.717, 1.165) is 17.2 Å². The van der Waals surface area contributed by atoms with Gasteiger partial charge in [-0.25, -0.2) is 4.79 Å². The molecule has 0 spiro atoms. The average Bonchev–Trinajstić information content (AvgIpc) is 2.81. The van der Waals surface area contributed by atoms with Crippen molar-refractivity contribution in [1.82, 2.24) is 0 Å². The van der Waals surface area contributed by atoms with Crippen LogP contribution in [0.2, 0.25) is 0 Å². The summed E-state index contributed by atoms with van der Waals surface area (Å²) in [6.07, 6.45) is -0.445. The average molecular weight is 262 g/mol. The van der Waals surface area contributed by atoms with Gasteiger partial charge in [-0.05, 0) is 17.5 Å². The lowest BCUT2D eigenvalue weighted by Gasteiger charge is -1.96. The molecule has 2 rings (SSSR count). The van der Waals surface area contributed by atoms with Crippen molar-refractivity contribution in [3.8, 4) is 0 Å². The Morgan fingerprint density at radius 2 is 1.94 bits per heavy atom. The lowest BCUT2D eigenvalue weighted by atomic mass is 10.1. The highest BCUT2D eigenvalue weighted by Gasteiger charge is 2.20. The Bertz CT molecular complexity index is 594. The van der Waals surface area contributed by atoms with Gasteiger partial charge in [0.2, 0.25) is 5.78 Å². The van der Waals surface area contributed by atoms with E-state index in [0.29, 0.717) is 4.88 Å². The van der Waals surface area contributed by atoms with Crippen LogP contribution in [0.4, 0.5) is 0 Å². The molecule has 0 amide bonds. The molecule has 0 radical (unpaired) electrons. The maximum Gasteiger partial charge on any atom is 0.374 e. The summed E-state index contributed by atoms with van der Waals surface area (Å²) in [5.41, 5.74) is 0. The molecule has 0 aliphatic heterocycles. The molecule has 92 valence electrons. The number of Topliss-reactive ketones (excluding diaryl/α,β-unsaturated/α-hetero) is 2. The summed E-state index contributed by atoms with van der Waals surface area (Å²) in [5.74, 6) is -2.16. The van der Waals surface area contributed by atoms with Crippen molar-refractivity contribution < 1.29 is 19.1 Å². The van der Waals surface area contributed by atoms with E-state index in [1.54, 1.807) is 6.07 Å². The second-order valence-electron chi connectivity index (χ2n) is 3.66.